The van der Waals surface area contributed by atoms with Gasteiger partial charge in [-0.2, -0.15) is 0 Å². The average molecular weight is 418 g/mol. The number of nitrogens with one attached hydrogen (secondary N) is 1. The summed E-state index contributed by atoms with van der Waals surface area (Å²) in [4.78, 5) is 25.0. The number of ether oxygens (including phenoxy) is 1. The van der Waals surface area contributed by atoms with Gasteiger partial charge in [0.05, 0.1) is 13.1 Å². The normalized spacial score (nSPS) is 18.4. The van der Waals surface area contributed by atoms with Gasteiger partial charge in [0, 0.05) is 43.7 Å². The van der Waals surface area contributed by atoms with Crippen molar-refractivity contribution in [1.82, 2.24) is 5.32 Å². The molecule has 1 aliphatic heterocycles. The van der Waals surface area contributed by atoms with E-state index in [1.807, 2.05) is 43.3 Å². The van der Waals surface area contributed by atoms with E-state index in [-0.39, 0.29) is 45.8 Å². The van der Waals surface area contributed by atoms with Gasteiger partial charge in [0.15, 0.2) is 0 Å². The molecule has 1 aliphatic rings. The molecule has 1 heterocycles. The largest absolute Gasteiger partial charge is 0.443 e. The minimum absolute atomic E-state index is 0. The molecular weight excluding hydrogens is 393 g/mol. The second-order valence-corrected chi connectivity index (χ2v) is 5.61. The monoisotopic (exact) mass is 418 g/mol. The van der Waals surface area contributed by atoms with Crippen LogP contribution in [0.2, 0.25) is 0 Å². The topological polar surface area (TPSA) is 58.6 Å². The molecule has 1 N–H and O–H groups in total. The first-order valence-electron chi connectivity index (χ1n) is 9.10. The van der Waals surface area contributed by atoms with Gasteiger partial charge in [0.25, 0.3) is 0 Å². The number of nitrogens with zero attached hydrogens (tertiary/aromatic N) is 1. The first-order valence-corrected chi connectivity index (χ1v) is 7.60. The van der Waals surface area contributed by atoms with Gasteiger partial charge in [-0.3, -0.25) is 4.79 Å². The van der Waals surface area contributed by atoms with Crippen molar-refractivity contribution in [2.75, 3.05) is 18.0 Å². The number of rotatable bonds is 4. The van der Waals surface area contributed by atoms with E-state index in [4.69, 9.17) is 8.85 Å². The Bertz CT molecular complexity index is 859. The summed E-state index contributed by atoms with van der Waals surface area (Å²) in [5, 5.41) is 2.29. The van der Waals surface area contributed by atoms with E-state index in [2.05, 4.69) is 11.4 Å². The van der Waals surface area contributed by atoms with Gasteiger partial charge in [0.2, 0.25) is 5.91 Å². The van der Waals surface area contributed by atoms with Crippen LogP contribution in [0, 0.1) is 13.0 Å². The van der Waals surface area contributed by atoms with Crippen LogP contribution < -0.4 is 10.2 Å². The molecule has 2 aromatic carbocycles. The Kier molecular flexibility index (Phi) is 5.34. The molecule has 2 amide bonds. The van der Waals surface area contributed by atoms with Crippen molar-refractivity contribution in [3.8, 4) is 11.1 Å². The first kappa shape index (κ1) is 15.5. The van der Waals surface area contributed by atoms with Crippen molar-refractivity contribution in [3.05, 3.63) is 54.1 Å². The van der Waals surface area contributed by atoms with Gasteiger partial charge < -0.3 is 15.0 Å². The quantitative estimate of drug-likeness (QED) is 0.777. The third kappa shape index (κ3) is 4.68. The molecule has 0 spiro atoms. The minimum atomic E-state index is -2.72. The summed E-state index contributed by atoms with van der Waals surface area (Å²) < 4.78 is 26.3. The van der Waals surface area contributed by atoms with E-state index in [1.54, 1.807) is 6.07 Å². The molecule has 1 atom stereocenters. The Morgan fingerprint density at radius 1 is 1.44 bits per heavy atom. The van der Waals surface area contributed by atoms with Gasteiger partial charge in [-0.25, -0.2) is 4.79 Å². The van der Waals surface area contributed by atoms with Crippen LogP contribution in [0.25, 0.3) is 11.1 Å². The van der Waals surface area contributed by atoms with Crippen LogP contribution in [-0.2, 0) is 42.2 Å². The van der Waals surface area contributed by atoms with E-state index in [1.165, 1.54) is 4.90 Å². The third-order valence-corrected chi connectivity index (χ3v) is 3.86. The molecule has 0 aromatic heterocycles. The summed E-state index contributed by atoms with van der Waals surface area (Å²) in [6.07, 6.45) is -1.15. The molecule has 0 unspecified atom stereocenters. The predicted molar refractivity (Wildman–Crippen MR) is 91.7 cm³/mol. The molecule has 25 heavy (non-hydrogen) atoms. The van der Waals surface area contributed by atoms with Crippen molar-refractivity contribution >= 4 is 17.7 Å². The maximum atomic E-state index is 12.2. The number of benzene rings is 2. The Morgan fingerprint density at radius 2 is 2.20 bits per heavy atom. The fourth-order valence-corrected chi connectivity index (χ4v) is 2.71. The Labute approximate surface area is 176 Å². The number of carbonyl (C=O) groups excluding carboxylic acids is 2. The summed E-state index contributed by atoms with van der Waals surface area (Å²) in [7, 11) is 0. The van der Waals surface area contributed by atoms with E-state index in [9.17, 15) is 9.59 Å². The number of carbonyl (C=O) groups is 2. The number of hydrogen-bond donors (Lipinski definition) is 1. The van der Waals surface area contributed by atoms with Crippen molar-refractivity contribution < 1.29 is 51.1 Å². The maximum Gasteiger partial charge on any atom is 0.406 e. The molecule has 127 valence electrons. The van der Waals surface area contributed by atoms with Crippen LogP contribution in [0.1, 0.15) is 16.5 Å². The summed E-state index contributed by atoms with van der Waals surface area (Å²) in [6.45, 7) is -0.609. The molecule has 0 bridgehead atoms. The zero-order chi connectivity index (χ0) is 19.6. The number of hydrogen-bond acceptors (Lipinski definition) is 3. The average Bonchev–Trinajstić information content (AvgIpc) is 3.00. The molecule has 1 fully saturated rings. The zero-order valence-corrected chi connectivity index (χ0v) is 16.6. The van der Waals surface area contributed by atoms with Crippen LogP contribution >= 0.6 is 0 Å². The van der Waals surface area contributed by atoms with Gasteiger partial charge in [-0.15, -0.1) is 29.3 Å². The number of amides is 2. The predicted octanol–water partition coefficient (Wildman–Crippen LogP) is 2.92. The van der Waals surface area contributed by atoms with Gasteiger partial charge in [-0.1, -0.05) is 42.8 Å². The maximum absolute atomic E-state index is 12.2. The number of anilines is 1. The van der Waals surface area contributed by atoms with E-state index < -0.39 is 25.0 Å². The van der Waals surface area contributed by atoms with E-state index >= 15 is 0 Å². The molecule has 1 saturated heterocycles. The fourth-order valence-electron chi connectivity index (χ4n) is 2.71. The fraction of sp³-hybridized carbons (Fsp3) is 0.263. The number of cyclic esters (lactones) is 1. The second-order valence-electron chi connectivity index (χ2n) is 5.61. The Hall–Kier alpha value is -1.72. The van der Waals surface area contributed by atoms with Crippen molar-refractivity contribution in [1.29, 1.82) is 0 Å². The summed E-state index contributed by atoms with van der Waals surface area (Å²) in [6, 6.07) is 16.6. The minimum Gasteiger partial charge on any atom is -0.443 e. The van der Waals surface area contributed by atoms with Gasteiger partial charge in [0.1, 0.15) is 6.10 Å². The molecule has 5 nitrogen and oxygen atoms in total. The van der Waals surface area contributed by atoms with Crippen molar-refractivity contribution in [2.24, 2.45) is 0 Å². The van der Waals surface area contributed by atoms with Crippen LogP contribution in [-0.4, -0.2) is 31.2 Å². The van der Waals surface area contributed by atoms with Crippen molar-refractivity contribution in [3.63, 3.8) is 0 Å². The van der Waals surface area contributed by atoms with Crippen LogP contribution in [0.4, 0.5) is 10.5 Å². The number of aryl methyl sites for hydroxylation is 1. The molecule has 6 heteroatoms. The molecule has 1 radical (unpaired) electrons. The smallest absolute Gasteiger partial charge is 0.406 e. The van der Waals surface area contributed by atoms with E-state index in [0.29, 0.717) is 5.69 Å². The second kappa shape index (κ2) is 8.59. The summed E-state index contributed by atoms with van der Waals surface area (Å²) in [5.41, 5.74) is 3.59. The van der Waals surface area contributed by atoms with Crippen LogP contribution in [0.5, 0.6) is 0 Å². The Balaban J connectivity index is 0.00000280. The molecule has 0 saturated carbocycles. The van der Waals surface area contributed by atoms with Gasteiger partial charge >= 0.3 is 6.09 Å². The SMILES string of the molecule is [3H]C([3H])([3H])C(=O)NC[C@H]1CN(c2c[c-]c(-c3ccccc3)c(C)c2)C(=O)O1.[Y]. The van der Waals surface area contributed by atoms with E-state index in [0.717, 1.165) is 16.7 Å². The summed E-state index contributed by atoms with van der Waals surface area (Å²) in [5.74, 6) is -1.06. The third-order valence-electron chi connectivity index (χ3n) is 3.86. The zero-order valence-electron chi connectivity index (χ0n) is 16.8. The summed E-state index contributed by atoms with van der Waals surface area (Å²) >= 11 is 0. The molecule has 3 rings (SSSR count). The first-order chi connectivity index (χ1) is 12.8. The standard InChI is InChI=1S/C19H19N2O3.Y/c1-13-10-16(8-9-18(13)15-6-4-3-5-7-15)21-12-17(24-19(21)23)11-20-14(2)22;/h3-8,10,17H,11-12H2,1-2H3,(H,20,22);/q-1;/t17-;/m0./s1/i2T3;. The Morgan fingerprint density at radius 3 is 2.88 bits per heavy atom. The van der Waals surface area contributed by atoms with Crippen LogP contribution in [0.3, 0.4) is 0 Å². The van der Waals surface area contributed by atoms with Gasteiger partial charge in [-0.05, 0) is 5.69 Å². The molecular formula is C19H19N2O3Y-. The van der Waals surface area contributed by atoms with Crippen molar-refractivity contribution in [2.45, 2.75) is 19.9 Å². The molecule has 0 aliphatic carbocycles. The van der Waals surface area contributed by atoms with Crippen LogP contribution in [0.15, 0.2) is 42.5 Å². The molecule has 2 aromatic rings.